The first-order valence-corrected chi connectivity index (χ1v) is 6.58. The molecule has 1 aliphatic rings. The van der Waals surface area contributed by atoms with Gasteiger partial charge in [0.15, 0.2) is 6.29 Å². The van der Waals surface area contributed by atoms with Crippen molar-refractivity contribution in [2.24, 2.45) is 5.92 Å². The molecule has 0 saturated heterocycles. The van der Waals surface area contributed by atoms with Crippen LogP contribution in [0.2, 0.25) is 0 Å². The summed E-state index contributed by atoms with van der Waals surface area (Å²) in [5, 5.41) is 0. The summed E-state index contributed by atoms with van der Waals surface area (Å²) in [6.07, 6.45) is 6.13. The molecule has 2 rings (SSSR count). The third-order valence-corrected chi connectivity index (χ3v) is 3.53. The molecule has 0 N–H and O–H groups in total. The Kier molecular flexibility index (Phi) is 5.02. The minimum atomic E-state index is 0.00112. The van der Waals surface area contributed by atoms with E-state index in [-0.39, 0.29) is 6.29 Å². The maximum absolute atomic E-state index is 5.86. The Hall–Kier alpha value is -0.860. The van der Waals surface area contributed by atoms with E-state index < -0.39 is 0 Å². The van der Waals surface area contributed by atoms with E-state index in [1.807, 2.05) is 6.07 Å². The Morgan fingerprint density at radius 3 is 2.53 bits per heavy atom. The summed E-state index contributed by atoms with van der Waals surface area (Å²) >= 11 is 0. The number of methoxy groups -OCH3 is 1. The zero-order valence-electron chi connectivity index (χ0n) is 10.6. The summed E-state index contributed by atoms with van der Waals surface area (Å²) in [7, 11) is 1.76. The van der Waals surface area contributed by atoms with Crippen molar-refractivity contribution in [3.63, 3.8) is 0 Å². The van der Waals surface area contributed by atoms with Crippen molar-refractivity contribution in [3.05, 3.63) is 35.9 Å². The van der Waals surface area contributed by atoms with Gasteiger partial charge < -0.3 is 9.47 Å². The second kappa shape index (κ2) is 6.77. The molecule has 1 saturated carbocycles. The van der Waals surface area contributed by atoms with Crippen molar-refractivity contribution in [2.45, 2.75) is 38.4 Å². The van der Waals surface area contributed by atoms with Crippen LogP contribution >= 0.6 is 0 Å². The Morgan fingerprint density at radius 2 is 1.88 bits per heavy atom. The van der Waals surface area contributed by atoms with E-state index in [4.69, 9.17) is 9.47 Å². The predicted octanol–water partition coefficient (Wildman–Crippen LogP) is 3.41. The Bertz CT molecular complexity index is 304. The van der Waals surface area contributed by atoms with E-state index in [1.54, 1.807) is 7.11 Å². The average molecular weight is 234 g/mol. The highest BCUT2D eigenvalue weighted by molar-refractivity contribution is 5.14. The number of hydrogen-bond donors (Lipinski definition) is 0. The maximum atomic E-state index is 5.86. The fourth-order valence-corrected chi connectivity index (χ4v) is 2.56. The van der Waals surface area contributed by atoms with Crippen molar-refractivity contribution in [2.75, 3.05) is 13.7 Å². The largest absolute Gasteiger partial charge is 0.356 e. The van der Waals surface area contributed by atoms with Crippen LogP contribution in [0.25, 0.3) is 0 Å². The van der Waals surface area contributed by atoms with Crippen molar-refractivity contribution in [1.29, 1.82) is 0 Å². The van der Waals surface area contributed by atoms with Crippen LogP contribution < -0.4 is 0 Å². The van der Waals surface area contributed by atoms with Gasteiger partial charge in [-0.2, -0.15) is 0 Å². The smallest absolute Gasteiger partial charge is 0.159 e. The molecule has 0 aliphatic heterocycles. The van der Waals surface area contributed by atoms with Crippen LogP contribution in [0.4, 0.5) is 0 Å². The van der Waals surface area contributed by atoms with Crippen LogP contribution in [-0.2, 0) is 15.9 Å². The average Bonchev–Trinajstić information content (AvgIpc) is 2.90. The molecule has 0 aromatic heterocycles. The molecule has 1 unspecified atom stereocenters. The molecule has 0 bridgehead atoms. The highest BCUT2D eigenvalue weighted by Gasteiger charge is 2.25. The molecule has 2 nitrogen and oxygen atoms in total. The third-order valence-electron chi connectivity index (χ3n) is 3.53. The second-order valence-electron chi connectivity index (χ2n) is 4.76. The minimum absolute atomic E-state index is 0.00112. The highest BCUT2D eigenvalue weighted by atomic mass is 16.7. The summed E-state index contributed by atoms with van der Waals surface area (Å²) in [4.78, 5) is 0. The second-order valence-corrected chi connectivity index (χ2v) is 4.76. The van der Waals surface area contributed by atoms with Gasteiger partial charge in [0.2, 0.25) is 0 Å². The lowest BCUT2D eigenvalue weighted by atomic mass is 10.1. The predicted molar refractivity (Wildman–Crippen MR) is 68.9 cm³/mol. The number of hydrogen-bond acceptors (Lipinski definition) is 2. The summed E-state index contributed by atoms with van der Waals surface area (Å²) in [6.45, 7) is 0.749. The molecule has 1 aliphatic carbocycles. The fourth-order valence-electron chi connectivity index (χ4n) is 2.56. The van der Waals surface area contributed by atoms with Gasteiger partial charge in [0.1, 0.15) is 0 Å². The Balaban J connectivity index is 1.72. The molecule has 2 heteroatoms. The van der Waals surface area contributed by atoms with Crippen LogP contribution in [0.3, 0.4) is 0 Å². The van der Waals surface area contributed by atoms with Gasteiger partial charge in [-0.05, 0) is 24.8 Å². The number of rotatable bonds is 6. The van der Waals surface area contributed by atoms with Crippen LogP contribution in [0.5, 0.6) is 0 Å². The summed E-state index contributed by atoms with van der Waals surface area (Å²) in [5.41, 5.74) is 1.33. The Morgan fingerprint density at radius 1 is 1.18 bits per heavy atom. The standard InChI is InChI=1S/C15H22O2/c1-16-15(14-9-5-6-10-14)17-12-11-13-7-3-2-4-8-13/h2-4,7-8,14-15H,5-6,9-12H2,1H3. The van der Waals surface area contributed by atoms with Gasteiger partial charge in [0, 0.05) is 13.0 Å². The van der Waals surface area contributed by atoms with Gasteiger partial charge in [0.25, 0.3) is 0 Å². The van der Waals surface area contributed by atoms with Gasteiger partial charge in [-0.3, -0.25) is 0 Å². The number of ether oxygens (including phenoxy) is 2. The fraction of sp³-hybridized carbons (Fsp3) is 0.600. The van der Waals surface area contributed by atoms with E-state index in [2.05, 4.69) is 24.3 Å². The first-order chi connectivity index (χ1) is 8.40. The summed E-state index contributed by atoms with van der Waals surface area (Å²) < 4.78 is 11.3. The molecule has 17 heavy (non-hydrogen) atoms. The maximum Gasteiger partial charge on any atom is 0.159 e. The molecular weight excluding hydrogens is 212 g/mol. The Labute approximate surface area is 104 Å². The topological polar surface area (TPSA) is 18.5 Å². The molecule has 1 aromatic rings. The first-order valence-electron chi connectivity index (χ1n) is 6.58. The molecule has 0 radical (unpaired) electrons. The van der Waals surface area contributed by atoms with Crippen LogP contribution in [0.1, 0.15) is 31.2 Å². The molecule has 0 spiro atoms. The van der Waals surface area contributed by atoms with E-state index in [0.717, 1.165) is 13.0 Å². The molecule has 0 heterocycles. The van der Waals surface area contributed by atoms with Gasteiger partial charge in [-0.1, -0.05) is 43.2 Å². The van der Waals surface area contributed by atoms with Gasteiger partial charge in [-0.25, -0.2) is 0 Å². The van der Waals surface area contributed by atoms with Crippen molar-refractivity contribution >= 4 is 0 Å². The summed E-state index contributed by atoms with van der Waals surface area (Å²) in [6, 6.07) is 10.5. The molecule has 1 fully saturated rings. The SMILES string of the molecule is COC(OCCc1ccccc1)C1CCCC1. The molecule has 1 atom stereocenters. The van der Waals surface area contributed by atoms with Gasteiger partial charge in [0.05, 0.1) is 6.61 Å². The zero-order chi connectivity index (χ0) is 11.9. The normalized spacial score (nSPS) is 18.4. The van der Waals surface area contributed by atoms with E-state index in [0.29, 0.717) is 5.92 Å². The van der Waals surface area contributed by atoms with Crippen LogP contribution in [0.15, 0.2) is 30.3 Å². The number of benzene rings is 1. The van der Waals surface area contributed by atoms with Crippen LogP contribution in [0, 0.1) is 5.92 Å². The van der Waals surface area contributed by atoms with Crippen molar-refractivity contribution in [3.8, 4) is 0 Å². The van der Waals surface area contributed by atoms with Crippen molar-refractivity contribution in [1.82, 2.24) is 0 Å². The zero-order valence-corrected chi connectivity index (χ0v) is 10.6. The van der Waals surface area contributed by atoms with E-state index in [9.17, 15) is 0 Å². The molecule has 1 aromatic carbocycles. The first kappa shape index (κ1) is 12.6. The molecule has 0 amide bonds. The minimum Gasteiger partial charge on any atom is -0.356 e. The van der Waals surface area contributed by atoms with Crippen LogP contribution in [-0.4, -0.2) is 20.0 Å². The lowest BCUT2D eigenvalue weighted by molar-refractivity contribution is -0.153. The lowest BCUT2D eigenvalue weighted by Crippen LogP contribution is -2.25. The summed E-state index contributed by atoms with van der Waals surface area (Å²) in [5.74, 6) is 0.607. The van der Waals surface area contributed by atoms with Crippen molar-refractivity contribution < 1.29 is 9.47 Å². The lowest BCUT2D eigenvalue weighted by Gasteiger charge is -2.22. The monoisotopic (exact) mass is 234 g/mol. The van der Waals surface area contributed by atoms with E-state index >= 15 is 0 Å². The van der Waals surface area contributed by atoms with E-state index in [1.165, 1.54) is 31.2 Å². The quantitative estimate of drug-likeness (QED) is 0.702. The van der Waals surface area contributed by atoms with Gasteiger partial charge >= 0.3 is 0 Å². The van der Waals surface area contributed by atoms with Gasteiger partial charge in [-0.15, -0.1) is 0 Å². The highest BCUT2D eigenvalue weighted by Crippen LogP contribution is 2.29. The molecule has 94 valence electrons. The molecular formula is C15H22O2. The third kappa shape index (κ3) is 3.83.